The first-order chi connectivity index (χ1) is 13.9. The Balaban J connectivity index is 2.06. The van der Waals surface area contributed by atoms with E-state index < -0.39 is 0 Å². The number of benzene rings is 2. The summed E-state index contributed by atoms with van der Waals surface area (Å²) in [7, 11) is 0. The lowest BCUT2D eigenvalue weighted by molar-refractivity contribution is 0.671. The van der Waals surface area contributed by atoms with E-state index in [0.717, 1.165) is 42.6 Å². The molecule has 2 rings (SSSR count). The van der Waals surface area contributed by atoms with E-state index >= 15 is 0 Å². The van der Waals surface area contributed by atoms with Gasteiger partial charge in [-0.1, -0.05) is 84.7 Å². The van der Waals surface area contributed by atoms with E-state index in [1.165, 1.54) is 19.3 Å². The summed E-state index contributed by atoms with van der Waals surface area (Å²) < 4.78 is 0. The molecule has 0 spiro atoms. The number of halogens is 4. The Kier molecular flexibility index (Phi) is 10.8. The van der Waals surface area contributed by atoms with Gasteiger partial charge in [-0.05, 0) is 61.1 Å². The highest BCUT2D eigenvalue weighted by molar-refractivity contribution is 6.42. The Morgan fingerprint density at radius 1 is 0.862 bits per heavy atom. The van der Waals surface area contributed by atoms with Crippen LogP contribution >= 0.6 is 46.4 Å². The molecule has 0 aliphatic rings. The van der Waals surface area contributed by atoms with E-state index in [1.807, 2.05) is 36.4 Å². The van der Waals surface area contributed by atoms with Crippen LogP contribution in [-0.4, -0.2) is 18.3 Å². The van der Waals surface area contributed by atoms with Gasteiger partial charge in [0.1, 0.15) is 0 Å². The first-order valence-corrected chi connectivity index (χ1v) is 11.6. The molecule has 0 saturated heterocycles. The lowest BCUT2D eigenvalue weighted by Crippen LogP contribution is -2.33. The van der Waals surface area contributed by atoms with Crippen LogP contribution in [0.1, 0.15) is 50.2 Å². The minimum Gasteiger partial charge on any atom is -0.323 e. The molecule has 2 nitrogen and oxygen atoms in total. The molecule has 0 fully saturated rings. The summed E-state index contributed by atoms with van der Waals surface area (Å²) in [6, 6.07) is 11.2. The van der Waals surface area contributed by atoms with Gasteiger partial charge in [-0.15, -0.1) is 0 Å². The van der Waals surface area contributed by atoms with E-state index in [-0.39, 0.29) is 6.04 Å². The SMILES string of the molecule is CCCCCCN=C(CCc1ccc(Cl)c(Cl)c1)C(N)Cc1ccc(Cl)c(Cl)c1. The Bertz CT molecular complexity index is 821. The van der Waals surface area contributed by atoms with Gasteiger partial charge in [0.25, 0.3) is 0 Å². The lowest BCUT2D eigenvalue weighted by Gasteiger charge is -2.16. The van der Waals surface area contributed by atoms with Gasteiger partial charge in [-0.2, -0.15) is 0 Å². The minimum absolute atomic E-state index is 0.166. The molecular formula is C23H28Cl4N2. The fourth-order valence-electron chi connectivity index (χ4n) is 3.15. The second-order valence-corrected chi connectivity index (χ2v) is 8.87. The third kappa shape index (κ3) is 8.47. The van der Waals surface area contributed by atoms with Crippen LogP contribution in [0.3, 0.4) is 0 Å². The van der Waals surface area contributed by atoms with Crippen molar-refractivity contribution in [1.29, 1.82) is 0 Å². The highest BCUT2D eigenvalue weighted by Crippen LogP contribution is 2.25. The van der Waals surface area contributed by atoms with Gasteiger partial charge in [0.15, 0.2) is 0 Å². The molecule has 2 aromatic rings. The largest absolute Gasteiger partial charge is 0.323 e. The van der Waals surface area contributed by atoms with Crippen LogP contribution < -0.4 is 5.73 Å². The van der Waals surface area contributed by atoms with Gasteiger partial charge >= 0.3 is 0 Å². The summed E-state index contributed by atoms with van der Waals surface area (Å²) in [5, 5.41) is 2.23. The van der Waals surface area contributed by atoms with Crippen molar-refractivity contribution < 1.29 is 0 Å². The summed E-state index contributed by atoms with van der Waals surface area (Å²) >= 11 is 24.3. The van der Waals surface area contributed by atoms with Crippen molar-refractivity contribution in [2.75, 3.05) is 6.54 Å². The molecule has 0 aliphatic heterocycles. The topological polar surface area (TPSA) is 38.4 Å². The quantitative estimate of drug-likeness (QED) is 0.262. The highest BCUT2D eigenvalue weighted by atomic mass is 35.5. The van der Waals surface area contributed by atoms with E-state index in [1.54, 1.807) is 0 Å². The Morgan fingerprint density at radius 2 is 1.48 bits per heavy atom. The summed E-state index contributed by atoms with van der Waals surface area (Å²) in [5.74, 6) is 0. The zero-order chi connectivity index (χ0) is 21.2. The molecule has 1 unspecified atom stereocenters. The van der Waals surface area contributed by atoms with Crippen molar-refractivity contribution >= 4 is 52.1 Å². The molecule has 0 radical (unpaired) electrons. The van der Waals surface area contributed by atoms with Gasteiger partial charge in [0.05, 0.1) is 20.1 Å². The minimum atomic E-state index is -0.166. The number of hydrogen-bond donors (Lipinski definition) is 1. The zero-order valence-corrected chi connectivity index (χ0v) is 19.8. The van der Waals surface area contributed by atoms with Crippen LogP contribution in [0.4, 0.5) is 0 Å². The molecular weight excluding hydrogens is 446 g/mol. The van der Waals surface area contributed by atoms with Gasteiger partial charge < -0.3 is 5.73 Å². The number of hydrogen-bond acceptors (Lipinski definition) is 2. The molecule has 158 valence electrons. The van der Waals surface area contributed by atoms with E-state index in [2.05, 4.69) is 6.92 Å². The molecule has 29 heavy (non-hydrogen) atoms. The maximum Gasteiger partial charge on any atom is 0.0595 e. The third-order valence-corrected chi connectivity index (χ3v) is 6.33. The van der Waals surface area contributed by atoms with E-state index in [0.29, 0.717) is 26.5 Å². The number of nitrogens with zero attached hydrogens (tertiary/aromatic N) is 1. The predicted molar refractivity (Wildman–Crippen MR) is 129 cm³/mol. The van der Waals surface area contributed by atoms with E-state index in [4.69, 9.17) is 57.1 Å². The number of aryl methyl sites for hydroxylation is 1. The second-order valence-electron chi connectivity index (χ2n) is 7.24. The first-order valence-electron chi connectivity index (χ1n) is 10.1. The average molecular weight is 474 g/mol. The maximum atomic E-state index is 6.54. The maximum absolute atomic E-state index is 6.54. The van der Waals surface area contributed by atoms with Gasteiger partial charge in [0.2, 0.25) is 0 Å². The smallest absolute Gasteiger partial charge is 0.0595 e. The molecule has 0 saturated carbocycles. The molecule has 0 heterocycles. The molecule has 2 aromatic carbocycles. The molecule has 0 aliphatic carbocycles. The Labute approximate surface area is 194 Å². The van der Waals surface area contributed by atoms with Crippen molar-refractivity contribution in [2.24, 2.45) is 10.7 Å². The standard InChI is InChI=1S/C23H28Cl4N2/c1-2-3-4-5-12-29-23(11-8-16-6-9-18(24)20(26)13-16)22(28)15-17-7-10-19(25)21(27)14-17/h6-7,9-10,13-14,22H,2-5,8,11-12,15,28H2,1H3. The number of aliphatic imine (C=N–C) groups is 1. The Morgan fingerprint density at radius 3 is 2.10 bits per heavy atom. The van der Waals surface area contributed by atoms with Gasteiger partial charge in [-0.25, -0.2) is 0 Å². The fourth-order valence-corrected chi connectivity index (χ4v) is 3.79. The zero-order valence-electron chi connectivity index (χ0n) is 16.7. The first kappa shape index (κ1) is 24.5. The van der Waals surface area contributed by atoms with Crippen LogP contribution in [0.2, 0.25) is 20.1 Å². The molecule has 1 atom stereocenters. The molecule has 6 heteroatoms. The average Bonchev–Trinajstić information content (AvgIpc) is 2.69. The normalized spacial score (nSPS) is 13.0. The summed E-state index contributed by atoms with van der Waals surface area (Å²) in [6.45, 7) is 3.02. The van der Waals surface area contributed by atoms with Crippen molar-refractivity contribution in [3.05, 3.63) is 67.6 Å². The highest BCUT2D eigenvalue weighted by Gasteiger charge is 2.14. The summed E-state index contributed by atoms with van der Waals surface area (Å²) in [4.78, 5) is 4.86. The van der Waals surface area contributed by atoms with Crippen molar-refractivity contribution in [1.82, 2.24) is 0 Å². The lowest BCUT2D eigenvalue weighted by atomic mass is 9.97. The molecule has 2 N–H and O–H groups in total. The van der Waals surface area contributed by atoms with Crippen LogP contribution in [0.15, 0.2) is 41.4 Å². The summed E-state index contributed by atoms with van der Waals surface area (Å²) in [5.41, 5.74) is 9.75. The number of rotatable bonds is 11. The van der Waals surface area contributed by atoms with E-state index in [9.17, 15) is 0 Å². The van der Waals surface area contributed by atoms with Crippen LogP contribution in [0.5, 0.6) is 0 Å². The number of nitrogens with two attached hydrogens (primary N) is 1. The van der Waals surface area contributed by atoms with Crippen LogP contribution in [-0.2, 0) is 12.8 Å². The molecule has 0 bridgehead atoms. The van der Waals surface area contributed by atoms with Gasteiger partial charge in [-0.3, -0.25) is 4.99 Å². The fraction of sp³-hybridized carbons (Fsp3) is 0.435. The van der Waals surface area contributed by atoms with Crippen molar-refractivity contribution in [3.8, 4) is 0 Å². The van der Waals surface area contributed by atoms with Gasteiger partial charge in [0, 0.05) is 18.3 Å². The van der Waals surface area contributed by atoms with Crippen LogP contribution in [0, 0.1) is 0 Å². The number of unbranched alkanes of at least 4 members (excludes halogenated alkanes) is 3. The van der Waals surface area contributed by atoms with Crippen molar-refractivity contribution in [3.63, 3.8) is 0 Å². The Hall–Kier alpha value is -0.770. The molecule has 0 amide bonds. The third-order valence-electron chi connectivity index (χ3n) is 4.85. The summed E-state index contributed by atoms with van der Waals surface area (Å²) in [6.07, 6.45) is 7.01. The van der Waals surface area contributed by atoms with Crippen molar-refractivity contribution in [2.45, 2.75) is 57.9 Å². The predicted octanol–water partition coefficient (Wildman–Crippen LogP) is 7.82. The van der Waals surface area contributed by atoms with Crippen LogP contribution in [0.25, 0.3) is 0 Å². The second kappa shape index (κ2) is 12.8. The molecule has 0 aromatic heterocycles. The monoisotopic (exact) mass is 472 g/mol.